The average molecular weight is 1740 g/mol. The second-order valence-electron chi connectivity index (χ2n) is 24.3. The minimum Gasteiger partial charge on any atom is -0.483 e. The molecule has 1 N–H and O–H groups in total. The first kappa shape index (κ1) is 93.2. The fourth-order valence-electron chi connectivity index (χ4n) is 10.7. The summed E-state index contributed by atoms with van der Waals surface area (Å²) in [5.74, 6) is 0.694. The summed E-state index contributed by atoms with van der Waals surface area (Å²) in [4.78, 5) is 54.6. The van der Waals surface area contributed by atoms with Gasteiger partial charge in [0.25, 0.3) is 21.2 Å². The maximum Gasteiger partial charge on any atom is 0.316 e. The van der Waals surface area contributed by atoms with E-state index in [4.69, 9.17) is 73.4 Å². The molecule has 2 atom stereocenters. The molecule has 2 unspecified atom stereocenters. The van der Waals surface area contributed by atoms with Crippen LogP contribution >= 0.6 is 80.4 Å². The van der Waals surface area contributed by atoms with E-state index in [2.05, 4.69) is 36.6 Å². The number of thioether (sulfide) groups is 1. The van der Waals surface area contributed by atoms with Crippen LogP contribution in [-0.4, -0.2) is 231 Å². The highest BCUT2D eigenvalue weighted by Crippen LogP contribution is 2.33. The molecule has 4 fully saturated rings. The van der Waals surface area contributed by atoms with Gasteiger partial charge in [-0.15, -0.1) is 0 Å². The molecule has 1 saturated carbocycles. The number of hydrogen-bond donors (Lipinski definition) is 1. The topological polar surface area (TPSA) is 305 Å². The maximum absolute atomic E-state index is 13.5. The van der Waals surface area contributed by atoms with E-state index in [-0.39, 0.29) is 121 Å². The molecule has 0 bridgehead atoms. The van der Waals surface area contributed by atoms with Crippen LogP contribution in [0.5, 0.6) is 5.75 Å². The molecule has 3 aliphatic heterocycles. The first-order chi connectivity index (χ1) is 51.2. The molecule has 6 heterocycles. The van der Waals surface area contributed by atoms with Crippen LogP contribution < -0.4 is 41.4 Å². The van der Waals surface area contributed by atoms with Crippen LogP contribution in [0.4, 0.5) is 39.0 Å². The number of sulfonamides is 2. The zero-order valence-corrected chi connectivity index (χ0v) is 68.0. The molecule has 4 aliphatic rings. The van der Waals surface area contributed by atoms with Gasteiger partial charge < -0.3 is 24.8 Å². The number of carbonyl (C=O) groups excluding carboxylic acids is 1. The molecule has 3 aromatic heterocycles. The van der Waals surface area contributed by atoms with E-state index >= 15 is 0 Å². The van der Waals surface area contributed by atoms with Crippen LogP contribution in [0.25, 0.3) is 17.1 Å². The smallest absolute Gasteiger partial charge is 0.316 e. The van der Waals surface area contributed by atoms with E-state index in [1.54, 1.807) is 85.2 Å². The number of nitrogens with one attached hydrogen (secondary N) is 1. The lowest BCUT2D eigenvalue weighted by molar-refractivity contribution is -0.109. The number of anilines is 3. The minimum atomic E-state index is -3.50. The van der Waals surface area contributed by atoms with Crippen LogP contribution in [0.1, 0.15) is 65.2 Å². The maximum atomic E-state index is 13.5. The summed E-state index contributed by atoms with van der Waals surface area (Å²) in [6.45, 7) is 6.60. The lowest BCUT2D eigenvalue weighted by Gasteiger charge is -2.36. The van der Waals surface area contributed by atoms with Crippen molar-refractivity contribution in [1.29, 1.82) is 0 Å². The van der Waals surface area contributed by atoms with Gasteiger partial charge in [0.05, 0.1) is 117 Å². The number of rotatable bonds is 26. The SMILES string of the molecule is CC(=O)SCCCF.CC1CCC(Oc2c(N3CCN(S(=O)(=O)CCCF)CC3)cnn(-c3cccc(Cl)c3)c2=O)C1.CS(=O)(=O)OCCCF.O=S(=O)(Cl)CCCF.O=c1c(Cl)c(N2CCN(S(=O)(=O)CCCF)CC2)cnn1-c1cccc(Cl)c1.O=c1c(Cl)c(N2CCNCC2)cnn1-c1cccc(Cl)c1. The van der Waals surface area contributed by atoms with E-state index in [0.717, 1.165) is 56.4 Å². The molecule has 3 saturated heterocycles. The van der Waals surface area contributed by atoms with E-state index in [1.807, 2.05) is 9.80 Å². The Bertz CT molecular complexity index is 4520. The van der Waals surface area contributed by atoms with Gasteiger partial charge in [-0.3, -0.25) is 45.3 Å². The van der Waals surface area contributed by atoms with Crippen molar-refractivity contribution in [2.24, 2.45) is 5.92 Å². The summed E-state index contributed by atoms with van der Waals surface area (Å²) in [5, 5.41) is 17.8. The van der Waals surface area contributed by atoms with Gasteiger partial charge in [-0.2, -0.15) is 46.4 Å². The van der Waals surface area contributed by atoms with Gasteiger partial charge in [-0.1, -0.05) is 94.9 Å². The summed E-state index contributed by atoms with van der Waals surface area (Å²) in [6.07, 6.45) is 8.98. The van der Waals surface area contributed by atoms with E-state index < -0.39 is 71.5 Å². The second-order valence-corrected chi connectivity index (χ2v) is 36.3. The molecule has 108 heavy (non-hydrogen) atoms. The van der Waals surface area contributed by atoms with Gasteiger partial charge in [0.15, 0.2) is 5.12 Å². The summed E-state index contributed by atoms with van der Waals surface area (Å²) < 4.78 is 165. The van der Waals surface area contributed by atoms with E-state index in [9.17, 15) is 74.8 Å². The number of aromatic nitrogens is 6. The monoisotopic (exact) mass is 1740 g/mol. The van der Waals surface area contributed by atoms with Crippen LogP contribution in [0.15, 0.2) is 106 Å². The number of piperazine rings is 3. The van der Waals surface area contributed by atoms with Gasteiger partial charge in [0, 0.05) is 123 Å². The normalized spacial score (nSPS) is 16.4. The first-order valence-electron chi connectivity index (χ1n) is 33.9. The Morgan fingerprint density at radius 2 is 0.926 bits per heavy atom. The Morgan fingerprint density at radius 3 is 1.29 bits per heavy atom. The highest BCUT2D eigenvalue weighted by atomic mass is 35.7. The molecule has 6 aromatic rings. The zero-order valence-electron chi connectivity index (χ0n) is 59.4. The molecule has 10 rings (SSSR count). The van der Waals surface area contributed by atoms with Crippen LogP contribution in [0.2, 0.25) is 25.1 Å². The Morgan fingerprint density at radius 1 is 0.537 bits per heavy atom. The van der Waals surface area contributed by atoms with Crippen LogP contribution in [-0.2, 0) is 48.2 Å². The third-order valence-corrected chi connectivity index (χ3v) is 24.0. The zero-order chi connectivity index (χ0) is 79.8. The largest absolute Gasteiger partial charge is 0.483 e. The Hall–Kier alpha value is -5.45. The third-order valence-electron chi connectivity index (χ3n) is 16.0. The third kappa shape index (κ3) is 31.3. The van der Waals surface area contributed by atoms with Crippen molar-refractivity contribution >= 4 is 142 Å². The van der Waals surface area contributed by atoms with Gasteiger partial charge in [-0.25, -0.2) is 25.3 Å². The molecule has 0 spiro atoms. The summed E-state index contributed by atoms with van der Waals surface area (Å²) >= 11 is 31.8. The number of halogens is 11. The Kier molecular flexibility index (Phi) is 40.1. The molecule has 0 amide bonds. The minimum absolute atomic E-state index is 0.00344. The quantitative estimate of drug-likeness (QED) is 0.0228. The van der Waals surface area contributed by atoms with Crippen molar-refractivity contribution in [3.8, 4) is 22.8 Å². The second kappa shape index (κ2) is 46.5. The molecule has 0 radical (unpaired) electrons. The van der Waals surface area contributed by atoms with E-state index in [1.165, 1.54) is 42.9 Å². The predicted octanol–water partition coefficient (Wildman–Crippen LogP) is 10.4. The molecule has 602 valence electrons. The van der Waals surface area contributed by atoms with Crippen LogP contribution in [0.3, 0.4) is 0 Å². The number of nitrogens with zero attached hydrogens (tertiary/aromatic N) is 11. The number of benzene rings is 3. The van der Waals surface area contributed by atoms with Gasteiger partial charge in [-0.05, 0) is 105 Å². The number of carbonyl (C=O) groups is 1. The fourth-order valence-corrected chi connectivity index (χ4v) is 16.4. The first-order valence-corrected chi connectivity index (χ1v) is 44.3. The molecular weight excluding hydrogens is 1650 g/mol. The molecule has 3 aromatic carbocycles. The van der Waals surface area contributed by atoms with Crippen molar-refractivity contribution in [2.75, 3.05) is 162 Å². The Labute approximate surface area is 659 Å². The summed E-state index contributed by atoms with van der Waals surface area (Å²) in [7, 11) is -9.08. The number of alkyl halides is 5. The van der Waals surface area contributed by atoms with Crippen molar-refractivity contribution < 1.29 is 69.3 Å². The molecule has 42 heteroatoms. The summed E-state index contributed by atoms with van der Waals surface area (Å²) in [6, 6.07) is 20.5. The fraction of sp³-hybridized carbons (Fsp3) is 0.530. The average Bonchev–Trinajstić information content (AvgIpc) is 0.937. The van der Waals surface area contributed by atoms with Crippen LogP contribution in [0, 0.1) is 5.92 Å². The number of ether oxygens (including phenoxy) is 1. The molecule has 26 nitrogen and oxygen atoms in total. The predicted molar refractivity (Wildman–Crippen MR) is 419 cm³/mol. The van der Waals surface area contributed by atoms with Crippen molar-refractivity contribution in [3.05, 3.63) is 148 Å². The van der Waals surface area contributed by atoms with Crippen molar-refractivity contribution in [2.45, 2.75) is 71.3 Å². The highest BCUT2D eigenvalue weighted by Gasteiger charge is 2.33. The van der Waals surface area contributed by atoms with Gasteiger partial charge in [0.2, 0.25) is 34.8 Å². The Balaban J connectivity index is 0.000000254. The van der Waals surface area contributed by atoms with Crippen molar-refractivity contribution in [3.63, 3.8) is 0 Å². The molecule has 1 aliphatic carbocycles. The highest BCUT2D eigenvalue weighted by molar-refractivity contribution is 8.13. The molecular formula is C66H87Cl6F5N12O14S5. The van der Waals surface area contributed by atoms with Gasteiger partial charge >= 0.3 is 5.56 Å². The lowest BCUT2D eigenvalue weighted by atomic mass is 10.1. The lowest BCUT2D eigenvalue weighted by Crippen LogP contribution is -2.49. The van der Waals surface area contributed by atoms with Gasteiger partial charge in [0.1, 0.15) is 15.7 Å². The number of hydrogen-bond acceptors (Lipinski definition) is 22. The summed E-state index contributed by atoms with van der Waals surface area (Å²) in [5.41, 5.74) is 2.12. The van der Waals surface area contributed by atoms with E-state index in [0.29, 0.717) is 93.5 Å². The standard InChI is InChI=1S/C23H30ClFN4O4S.C17H19Cl2FN4O3S.C14H14Cl2N4O.C5H9FOS.C4H9FO3S.C3H6ClFO2S/c1-17-6-7-20(14-17)33-22-21(16-26-29(23(22)30)19-5-2-4-18(24)15-19)27-9-11-28(12-10-27)34(31,32)13-3-8-25;18-13-3-1-4-14(11-13)24-17(25)16(19)15(12-21-24)22-6-8-23(9-7-22)28(26,27)10-2-5-20;15-10-2-1-3-11(8-10)20-14(21)13(16)12(9-18-20)19-6-4-17-5-7-19;1-5(7)8-4-2-3-6;1-9(6,7)8-4-2-3-5;4-8(6,7)3-1-2-5/h2,4-5,15-17,20H,3,6-14H2,1H3;1,3-4,11-12H,2,5-10H2;1-3,8-9,17H,4-7H2;2-4H2,1H3;2-4H2,1H3;1-3H2. The van der Waals surface area contributed by atoms with Crippen molar-refractivity contribution in [1.82, 2.24) is 43.3 Å².